The van der Waals surface area contributed by atoms with Crippen LogP contribution in [0, 0.1) is 10.1 Å². The molecule has 1 N–H and O–H groups in total. The Bertz CT molecular complexity index is 359. The number of nitrogens with zero attached hydrogens (tertiary/aromatic N) is 1. The molecule has 1 aromatic carbocycles. The highest BCUT2D eigenvalue weighted by Crippen LogP contribution is 2.17. The van der Waals surface area contributed by atoms with E-state index in [1.54, 1.807) is 18.2 Å². The van der Waals surface area contributed by atoms with E-state index >= 15 is 0 Å². The first-order valence-corrected chi connectivity index (χ1v) is 4.87. The molecule has 0 fully saturated rings. The number of benzene rings is 1. The molecular weight excluding hydrogens is 210 g/mol. The minimum Gasteiger partial charge on any atom is -0.493 e. The van der Waals surface area contributed by atoms with Crippen LogP contribution in [0.15, 0.2) is 36.4 Å². The largest absolute Gasteiger partial charge is 0.493 e. The molecule has 0 bridgehead atoms. The molecule has 0 amide bonds. The Hall–Kier alpha value is -1.88. The molecule has 0 unspecified atom stereocenters. The molecule has 0 aliphatic rings. The number of ether oxygens (including phenoxy) is 1. The summed E-state index contributed by atoms with van der Waals surface area (Å²) in [4.78, 5) is 9.93. The van der Waals surface area contributed by atoms with Gasteiger partial charge < -0.3 is 9.84 Å². The minimum atomic E-state index is -0.451. The van der Waals surface area contributed by atoms with Crippen LogP contribution in [0.25, 0.3) is 0 Å². The van der Waals surface area contributed by atoms with E-state index in [2.05, 4.69) is 0 Å². The molecule has 0 atom stereocenters. The molecule has 16 heavy (non-hydrogen) atoms. The fraction of sp³-hybridized carbons (Fsp3) is 0.273. The van der Waals surface area contributed by atoms with Gasteiger partial charge in [0.05, 0.1) is 18.1 Å². The van der Waals surface area contributed by atoms with Crippen LogP contribution in [0.4, 0.5) is 5.69 Å². The molecule has 0 aliphatic carbocycles. The highest BCUT2D eigenvalue weighted by Gasteiger charge is 2.03. The molecule has 0 heterocycles. The highest BCUT2D eigenvalue weighted by molar-refractivity contribution is 5.35. The average Bonchev–Trinajstić information content (AvgIpc) is 2.29. The van der Waals surface area contributed by atoms with E-state index in [4.69, 9.17) is 9.84 Å². The number of aliphatic hydroxyl groups is 1. The van der Waals surface area contributed by atoms with Crippen molar-refractivity contribution in [2.24, 2.45) is 0 Å². The SMILES string of the molecule is O=[N+]([O-])c1ccc(OCC/C=C/CO)cc1. The van der Waals surface area contributed by atoms with Crippen LogP contribution in [-0.4, -0.2) is 23.2 Å². The van der Waals surface area contributed by atoms with Crippen molar-refractivity contribution >= 4 is 5.69 Å². The zero-order valence-electron chi connectivity index (χ0n) is 8.70. The van der Waals surface area contributed by atoms with Gasteiger partial charge in [-0.15, -0.1) is 0 Å². The molecule has 5 heteroatoms. The van der Waals surface area contributed by atoms with Crippen LogP contribution < -0.4 is 4.74 Å². The summed E-state index contributed by atoms with van der Waals surface area (Å²) in [7, 11) is 0. The number of nitro groups is 1. The van der Waals surface area contributed by atoms with Gasteiger partial charge in [0.2, 0.25) is 0 Å². The topological polar surface area (TPSA) is 72.6 Å². The predicted octanol–water partition coefficient (Wildman–Crippen LogP) is 1.91. The maximum absolute atomic E-state index is 10.4. The minimum absolute atomic E-state index is 0.0253. The maximum Gasteiger partial charge on any atom is 0.269 e. The van der Waals surface area contributed by atoms with Gasteiger partial charge in [0.15, 0.2) is 0 Å². The Morgan fingerprint density at radius 2 is 2.00 bits per heavy atom. The summed E-state index contributed by atoms with van der Waals surface area (Å²) in [5.74, 6) is 0.600. The molecule has 1 rings (SSSR count). The molecule has 5 nitrogen and oxygen atoms in total. The number of rotatable bonds is 6. The fourth-order valence-corrected chi connectivity index (χ4v) is 1.10. The first-order chi connectivity index (χ1) is 7.74. The Balaban J connectivity index is 2.37. The van der Waals surface area contributed by atoms with Crippen LogP contribution in [0.2, 0.25) is 0 Å². The summed E-state index contributed by atoms with van der Waals surface area (Å²) >= 11 is 0. The van der Waals surface area contributed by atoms with Crippen LogP contribution in [-0.2, 0) is 0 Å². The van der Waals surface area contributed by atoms with Crippen molar-refractivity contribution in [1.82, 2.24) is 0 Å². The average molecular weight is 223 g/mol. The van der Waals surface area contributed by atoms with E-state index in [1.807, 2.05) is 6.08 Å². The van der Waals surface area contributed by atoms with E-state index in [1.165, 1.54) is 12.1 Å². The second-order valence-electron chi connectivity index (χ2n) is 3.04. The predicted molar refractivity (Wildman–Crippen MR) is 59.4 cm³/mol. The molecular formula is C11H13NO4. The zero-order valence-corrected chi connectivity index (χ0v) is 8.70. The van der Waals surface area contributed by atoms with Crippen molar-refractivity contribution in [3.8, 4) is 5.75 Å². The molecule has 0 spiro atoms. The Kier molecular flexibility index (Phi) is 5.01. The third-order valence-corrected chi connectivity index (χ3v) is 1.87. The van der Waals surface area contributed by atoms with Gasteiger partial charge in [0.25, 0.3) is 5.69 Å². The van der Waals surface area contributed by atoms with Gasteiger partial charge in [-0.3, -0.25) is 10.1 Å². The van der Waals surface area contributed by atoms with Crippen LogP contribution >= 0.6 is 0 Å². The molecule has 0 aliphatic heterocycles. The molecule has 0 radical (unpaired) electrons. The van der Waals surface area contributed by atoms with E-state index < -0.39 is 4.92 Å². The first-order valence-electron chi connectivity index (χ1n) is 4.87. The van der Waals surface area contributed by atoms with Crippen molar-refractivity contribution in [2.75, 3.05) is 13.2 Å². The molecule has 0 saturated heterocycles. The Morgan fingerprint density at radius 1 is 1.31 bits per heavy atom. The summed E-state index contributed by atoms with van der Waals surface area (Å²) < 4.78 is 5.33. The van der Waals surface area contributed by atoms with Crippen molar-refractivity contribution in [3.63, 3.8) is 0 Å². The van der Waals surface area contributed by atoms with Crippen LogP contribution in [0.5, 0.6) is 5.75 Å². The van der Waals surface area contributed by atoms with E-state index in [0.29, 0.717) is 18.8 Å². The lowest BCUT2D eigenvalue weighted by molar-refractivity contribution is -0.384. The maximum atomic E-state index is 10.4. The lowest BCUT2D eigenvalue weighted by Crippen LogP contribution is -1.96. The zero-order chi connectivity index (χ0) is 11.8. The van der Waals surface area contributed by atoms with Crippen molar-refractivity contribution in [3.05, 3.63) is 46.5 Å². The second kappa shape index (κ2) is 6.58. The normalized spacial score (nSPS) is 10.6. The standard InChI is InChI=1S/C11H13NO4/c13-8-2-1-3-9-16-11-6-4-10(5-7-11)12(14)15/h1-2,4-7,13H,3,8-9H2/b2-1+. The third kappa shape index (κ3) is 4.10. The Morgan fingerprint density at radius 3 is 2.56 bits per heavy atom. The molecule has 0 saturated carbocycles. The van der Waals surface area contributed by atoms with Gasteiger partial charge in [0.1, 0.15) is 5.75 Å². The van der Waals surface area contributed by atoms with Gasteiger partial charge >= 0.3 is 0 Å². The summed E-state index contributed by atoms with van der Waals surface area (Å²) in [5.41, 5.74) is 0.0486. The van der Waals surface area contributed by atoms with Crippen molar-refractivity contribution in [2.45, 2.75) is 6.42 Å². The van der Waals surface area contributed by atoms with Crippen molar-refractivity contribution in [1.29, 1.82) is 0 Å². The number of hydrogen-bond acceptors (Lipinski definition) is 4. The van der Waals surface area contributed by atoms with Gasteiger partial charge in [0, 0.05) is 12.1 Å². The van der Waals surface area contributed by atoms with Crippen molar-refractivity contribution < 1.29 is 14.8 Å². The monoisotopic (exact) mass is 223 g/mol. The lowest BCUT2D eigenvalue weighted by Gasteiger charge is -2.03. The number of aliphatic hydroxyl groups excluding tert-OH is 1. The summed E-state index contributed by atoms with van der Waals surface area (Å²) in [6.45, 7) is 0.506. The highest BCUT2D eigenvalue weighted by atomic mass is 16.6. The van der Waals surface area contributed by atoms with E-state index in [0.717, 1.165) is 0 Å². The van der Waals surface area contributed by atoms with Crippen LogP contribution in [0.1, 0.15) is 6.42 Å². The quantitative estimate of drug-likeness (QED) is 0.346. The fourth-order valence-electron chi connectivity index (χ4n) is 1.10. The Labute approximate surface area is 93.1 Å². The second-order valence-corrected chi connectivity index (χ2v) is 3.04. The molecule has 1 aromatic rings. The third-order valence-electron chi connectivity index (χ3n) is 1.87. The molecule has 86 valence electrons. The summed E-state index contributed by atoms with van der Waals surface area (Å²) in [6, 6.07) is 5.93. The van der Waals surface area contributed by atoms with E-state index in [9.17, 15) is 10.1 Å². The summed E-state index contributed by atoms with van der Waals surface area (Å²) in [5, 5.41) is 18.9. The summed E-state index contributed by atoms with van der Waals surface area (Å²) in [6.07, 6.45) is 4.14. The number of nitro benzene ring substituents is 1. The van der Waals surface area contributed by atoms with Gasteiger partial charge in [-0.2, -0.15) is 0 Å². The van der Waals surface area contributed by atoms with Crippen LogP contribution in [0.3, 0.4) is 0 Å². The number of hydrogen-bond donors (Lipinski definition) is 1. The molecule has 0 aromatic heterocycles. The lowest BCUT2D eigenvalue weighted by atomic mass is 10.3. The van der Waals surface area contributed by atoms with Gasteiger partial charge in [-0.25, -0.2) is 0 Å². The number of non-ortho nitro benzene ring substituents is 1. The smallest absolute Gasteiger partial charge is 0.269 e. The first kappa shape index (κ1) is 12.2. The van der Waals surface area contributed by atoms with Gasteiger partial charge in [-0.05, 0) is 18.6 Å². The van der Waals surface area contributed by atoms with E-state index in [-0.39, 0.29) is 12.3 Å². The van der Waals surface area contributed by atoms with Gasteiger partial charge in [-0.1, -0.05) is 12.2 Å².